The van der Waals surface area contributed by atoms with E-state index in [2.05, 4.69) is 10.6 Å². The Morgan fingerprint density at radius 1 is 0.906 bits per heavy atom. The minimum atomic E-state index is 0.471. The first-order valence-corrected chi connectivity index (χ1v) is 10.6. The maximum absolute atomic E-state index is 6.12. The predicted octanol–water partition coefficient (Wildman–Crippen LogP) is 5.77. The summed E-state index contributed by atoms with van der Waals surface area (Å²) in [5.74, 6) is 3.27. The first-order valence-electron chi connectivity index (χ1n) is 10.2. The highest BCUT2D eigenvalue weighted by atomic mass is 35.5. The second kappa shape index (κ2) is 9.40. The van der Waals surface area contributed by atoms with Crippen LogP contribution < -0.4 is 18.9 Å². The Hall–Kier alpha value is -3.38. The fourth-order valence-electron chi connectivity index (χ4n) is 3.69. The highest BCUT2D eigenvalue weighted by Crippen LogP contribution is 2.41. The molecule has 3 aromatic carbocycles. The van der Waals surface area contributed by atoms with Crippen LogP contribution in [0.1, 0.15) is 5.56 Å². The monoisotopic (exact) mass is 452 g/mol. The number of aromatic nitrogens is 2. The molecule has 166 valence electrons. The molecule has 0 saturated carbocycles. The number of rotatable bonds is 8. The van der Waals surface area contributed by atoms with Crippen molar-refractivity contribution < 1.29 is 18.9 Å². The van der Waals surface area contributed by atoms with Crippen LogP contribution in [0.3, 0.4) is 0 Å². The molecule has 7 heteroatoms. The number of hydrogen-bond donors (Lipinski definition) is 0. The molecule has 0 saturated heterocycles. The van der Waals surface area contributed by atoms with Gasteiger partial charge in [0.15, 0.2) is 11.5 Å². The second-order valence-corrected chi connectivity index (χ2v) is 7.66. The lowest BCUT2D eigenvalue weighted by Gasteiger charge is -2.15. The molecule has 0 atom stereocenters. The first kappa shape index (κ1) is 21.8. The number of methoxy groups -OCH3 is 3. The van der Waals surface area contributed by atoms with Crippen molar-refractivity contribution in [1.29, 1.82) is 0 Å². The molecular formula is C25H25ClN2O4. The summed E-state index contributed by atoms with van der Waals surface area (Å²) < 4.78 is 24.7. The van der Waals surface area contributed by atoms with Crippen molar-refractivity contribution in [3.05, 3.63) is 65.2 Å². The molecule has 0 unspecified atom stereocenters. The average molecular weight is 453 g/mol. The number of ether oxygens (including phenoxy) is 4. The van der Waals surface area contributed by atoms with E-state index in [9.17, 15) is 0 Å². The SMILES string of the molecule is COc1cc(-c2nc3ccccc3n2CCOc2ccc(Cl)c(C)c2)cc(OC)c1OC. The van der Waals surface area contributed by atoms with Crippen LogP contribution in [0.25, 0.3) is 22.4 Å². The van der Waals surface area contributed by atoms with Crippen molar-refractivity contribution in [1.82, 2.24) is 9.55 Å². The van der Waals surface area contributed by atoms with Crippen molar-refractivity contribution in [2.24, 2.45) is 0 Å². The van der Waals surface area contributed by atoms with Gasteiger partial charge < -0.3 is 23.5 Å². The molecule has 1 aromatic heterocycles. The lowest BCUT2D eigenvalue weighted by molar-refractivity contribution is 0.300. The Morgan fingerprint density at radius 3 is 2.28 bits per heavy atom. The van der Waals surface area contributed by atoms with Gasteiger partial charge in [-0.1, -0.05) is 23.7 Å². The van der Waals surface area contributed by atoms with E-state index in [0.29, 0.717) is 30.4 Å². The number of hydrogen-bond acceptors (Lipinski definition) is 5. The van der Waals surface area contributed by atoms with Crippen molar-refractivity contribution in [2.45, 2.75) is 13.5 Å². The van der Waals surface area contributed by atoms with Crippen LogP contribution in [0, 0.1) is 6.92 Å². The van der Waals surface area contributed by atoms with Crippen molar-refractivity contribution in [3.63, 3.8) is 0 Å². The Bertz CT molecular complexity index is 1230. The highest BCUT2D eigenvalue weighted by molar-refractivity contribution is 6.31. The number of halogens is 1. The molecule has 6 nitrogen and oxygen atoms in total. The molecule has 0 aliphatic carbocycles. The molecule has 0 fully saturated rings. The van der Waals surface area contributed by atoms with Crippen LogP contribution in [-0.4, -0.2) is 37.5 Å². The third-order valence-corrected chi connectivity index (χ3v) is 5.71. The minimum absolute atomic E-state index is 0.471. The van der Waals surface area contributed by atoms with E-state index < -0.39 is 0 Å². The smallest absolute Gasteiger partial charge is 0.203 e. The lowest BCUT2D eigenvalue weighted by Crippen LogP contribution is -2.10. The number of imidazole rings is 1. The Morgan fingerprint density at radius 2 is 1.62 bits per heavy atom. The molecule has 0 aliphatic heterocycles. The number of fused-ring (bicyclic) bond motifs is 1. The summed E-state index contributed by atoms with van der Waals surface area (Å²) >= 11 is 6.12. The van der Waals surface area contributed by atoms with Crippen LogP contribution >= 0.6 is 11.6 Å². The van der Waals surface area contributed by atoms with E-state index in [-0.39, 0.29) is 0 Å². The second-order valence-electron chi connectivity index (χ2n) is 7.25. The molecule has 0 amide bonds. The summed E-state index contributed by atoms with van der Waals surface area (Å²) in [5.41, 5.74) is 3.76. The van der Waals surface area contributed by atoms with Gasteiger partial charge in [0.1, 0.15) is 18.2 Å². The van der Waals surface area contributed by atoms with Crippen molar-refractivity contribution in [3.8, 4) is 34.4 Å². The van der Waals surface area contributed by atoms with E-state index >= 15 is 0 Å². The summed E-state index contributed by atoms with van der Waals surface area (Å²) in [6.45, 7) is 3.04. The van der Waals surface area contributed by atoms with Crippen LogP contribution in [-0.2, 0) is 6.54 Å². The topological polar surface area (TPSA) is 54.7 Å². The van der Waals surface area contributed by atoms with Gasteiger partial charge in [-0.15, -0.1) is 0 Å². The normalized spacial score (nSPS) is 10.9. The molecule has 0 spiro atoms. The van der Waals surface area contributed by atoms with Gasteiger partial charge in [-0.3, -0.25) is 0 Å². The maximum Gasteiger partial charge on any atom is 0.203 e. The number of para-hydroxylation sites is 2. The van der Waals surface area contributed by atoms with Crippen molar-refractivity contribution >= 4 is 22.6 Å². The standard InChI is InChI=1S/C25H25ClN2O4/c1-16-13-18(9-10-19(16)26)32-12-11-28-21-8-6-5-7-20(21)27-25(28)17-14-22(29-2)24(31-4)23(15-17)30-3/h5-10,13-15H,11-12H2,1-4H3. The van der Waals surface area contributed by atoms with Gasteiger partial charge in [0.2, 0.25) is 5.75 Å². The van der Waals surface area contributed by atoms with Crippen LogP contribution in [0.15, 0.2) is 54.6 Å². The van der Waals surface area contributed by atoms with Gasteiger partial charge in [-0.25, -0.2) is 4.98 Å². The van der Waals surface area contributed by atoms with Gasteiger partial charge >= 0.3 is 0 Å². The number of nitrogens with zero attached hydrogens (tertiary/aromatic N) is 2. The van der Waals surface area contributed by atoms with Gasteiger partial charge in [0.05, 0.1) is 38.9 Å². The Balaban J connectivity index is 1.71. The van der Waals surface area contributed by atoms with Gasteiger partial charge in [0, 0.05) is 10.6 Å². The van der Waals surface area contributed by atoms with E-state index in [4.69, 9.17) is 35.5 Å². The quantitative estimate of drug-likeness (QED) is 0.339. The molecule has 0 aliphatic rings. The van der Waals surface area contributed by atoms with E-state index in [1.807, 2.05) is 55.5 Å². The number of benzene rings is 3. The zero-order valence-electron chi connectivity index (χ0n) is 18.5. The molecule has 0 radical (unpaired) electrons. The van der Waals surface area contributed by atoms with Crippen molar-refractivity contribution in [2.75, 3.05) is 27.9 Å². The number of aryl methyl sites for hydroxylation is 1. The molecule has 0 N–H and O–H groups in total. The highest BCUT2D eigenvalue weighted by Gasteiger charge is 2.19. The van der Waals surface area contributed by atoms with E-state index in [0.717, 1.165) is 38.8 Å². The zero-order valence-corrected chi connectivity index (χ0v) is 19.3. The Kier molecular flexibility index (Phi) is 6.42. The molecular weight excluding hydrogens is 428 g/mol. The fraction of sp³-hybridized carbons (Fsp3) is 0.240. The predicted molar refractivity (Wildman–Crippen MR) is 127 cm³/mol. The van der Waals surface area contributed by atoms with Gasteiger partial charge in [0.25, 0.3) is 0 Å². The lowest BCUT2D eigenvalue weighted by atomic mass is 10.1. The third-order valence-electron chi connectivity index (χ3n) is 5.29. The maximum atomic E-state index is 6.12. The zero-order chi connectivity index (χ0) is 22.7. The molecule has 4 rings (SSSR count). The first-order chi connectivity index (χ1) is 15.5. The summed E-state index contributed by atoms with van der Waals surface area (Å²) in [6, 6.07) is 17.5. The van der Waals surface area contributed by atoms with E-state index in [1.54, 1.807) is 21.3 Å². The molecule has 1 heterocycles. The summed E-state index contributed by atoms with van der Waals surface area (Å²) in [6.07, 6.45) is 0. The Labute approximate surface area is 192 Å². The molecule has 32 heavy (non-hydrogen) atoms. The summed E-state index contributed by atoms with van der Waals surface area (Å²) in [7, 11) is 4.79. The minimum Gasteiger partial charge on any atom is -0.493 e. The molecule has 0 bridgehead atoms. The largest absolute Gasteiger partial charge is 0.493 e. The fourth-order valence-corrected chi connectivity index (χ4v) is 3.81. The average Bonchev–Trinajstić information content (AvgIpc) is 3.19. The van der Waals surface area contributed by atoms with Gasteiger partial charge in [-0.2, -0.15) is 0 Å². The summed E-state index contributed by atoms with van der Waals surface area (Å²) in [5, 5.41) is 0.725. The molecule has 4 aromatic rings. The third kappa shape index (κ3) is 4.18. The van der Waals surface area contributed by atoms with Crippen LogP contribution in [0.5, 0.6) is 23.0 Å². The van der Waals surface area contributed by atoms with E-state index in [1.165, 1.54) is 0 Å². The van der Waals surface area contributed by atoms with Crippen LogP contribution in [0.4, 0.5) is 0 Å². The van der Waals surface area contributed by atoms with Crippen LogP contribution in [0.2, 0.25) is 5.02 Å². The van der Waals surface area contributed by atoms with Gasteiger partial charge in [-0.05, 0) is 55.0 Å². The summed E-state index contributed by atoms with van der Waals surface area (Å²) in [4.78, 5) is 4.88.